The molecule has 1 N–H and O–H groups in total. The van der Waals surface area contributed by atoms with Crippen molar-refractivity contribution in [1.82, 2.24) is 5.32 Å². The predicted molar refractivity (Wildman–Crippen MR) is 96.3 cm³/mol. The first-order chi connectivity index (χ1) is 11.7. The minimum Gasteiger partial charge on any atom is -0.497 e. The number of nitrogens with one attached hydrogen (secondary N) is 1. The van der Waals surface area contributed by atoms with Gasteiger partial charge in [-0.25, -0.2) is 0 Å². The van der Waals surface area contributed by atoms with Crippen molar-refractivity contribution in [2.75, 3.05) is 13.7 Å². The SMILES string of the molecule is COc1cccc(CC(=O)NCC2(c3ccccc3)CCCC2)c1. The van der Waals surface area contributed by atoms with Crippen LogP contribution in [0.4, 0.5) is 0 Å². The van der Waals surface area contributed by atoms with E-state index in [1.54, 1.807) is 7.11 Å². The van der Waals surface area contributed by atoms with E-state index in [-0.39, 0.29) is 11.3 Å². The Morgan fingerprint density at radius 2 is 1.83 bits per heavy atom. The van der Waals surface area contributed by atoms with E-state index < -0.39 is 0 Å². The number of carbonyl (C=O) groups excluding carboxylic acids is 1. The van der Waals surface area contributed by atoms with Crippen LogP contribution in [-0.2, 0) is 16.6 Å². The molecule has 2 aromatic rings. The fourth-order valence-corrected chi connectivity index (χ4v) is 3.71. The van der Waals surface area contributed by atoms with Crippen LogP contribution in [0.2, 0.25) is 0 Å². The second kappa shape index (κ2) is 7.52. The van der Waals surface area contributed by atoms with Crippen LogP contribution in [0, 0.1) is 0 Å². The van der Waals surface area contributed by atoms with Crippen molar-refractivity contribution in [2.24, 2.45) is 0 Å². The molecule has 2 aromatic carbocycles. The molecule has 0 radical (unpaired) electrons. The number of amides is 1. The number of benzene rings is 2. The van der Waals surface area contributed by atoms with Gasteiger partial charge >= 0.3 is 0 Å². The van der Waals surface area contributed by atoms with Gasteiger partial charge in [-0.3, -0.25) is 4.79 Å². The van der Waals surface area contributed by atoms with E-state index in [9.17, 15) is 4.79 Å². The Bertz CT molecular complexity index is 675. The summed E-state index contributed by atoms with van der Waals surface area (Å²) in [5.74, 6) is 0.863. The van der Waals surface area contributed by atoms with Gasteiger partial charge < -0.3 is 10.1 Å². The molecule has 1 fully saturated rings. The topological polar surface area (TPSA) is 38.3 Å². The third-order valence-corrected chi connectivity index (χ3v) is 5.07. The van der Waals surface area contributed by atoms with Gasteiger partial charge in [-0.1, -0.05) is 55.3 Å². The maximum Gasteiger partial charge on any atom is 0.224 e. The van der Waals surface area contributed by atoms with Crippen molar-refractivity contribution in [3.8, 4) is 5.75 Å². The Kier molecular flexibility index (Phi) is 5.19. The number of ether oxygens (including phenoxy) is 1. The summed E-state index contributed by atoms with van der Waals surface area (Å²) in [5.41, 5.74) is 2.43. The second-order valence-corrected chi connectivity index (χ2v) is 6.66. The maximum atomic E-state index is 12.4. The van der Waals surface area contributed by atoms with Gasteiger partial charge in [0.2, 0.25) is 5.91 Å². The lowest BCUT2D eigenvalue weighted by molar-refractivity contribution is -0.120. The lowest BCUT2D eigenvalue weighted by atomic mass is 9.79. The summed E-state index contributed by atoms with van der Waals surface area (Å²) in [6, 6.07) is 18.3. The van der Waals surface area contributed by atoms with Crippen LogP contribution in [0.3, 0.4) is 0 Å². The van der Waals surface area contributed by atoms with E-state index in [0.29, 0.717) is 6.42 Å². The third kappa shape index (κ3) is 3.78. The largest absolute Gasteiger partial charge is 0.497 e. The van der Waals surface area contributed by atoms with Crippen LogP contribution >= 0.6 is 0 Å². The summed E-state index contributed by atoms with van der Waals surface area (Å²) in [5, 5.41) is 3.17. The molecule has 3 nitrogen and oxygen atoms in total. The molecule has 0 heterocycles. The van der Waals surface area contributed by atoms with Gasteiger partial charge in [-0.2, -0.15) is 0 Å². The molecule has 0 aromatic heterocycles. The van der Waals surface area contributed by atoms with Crippen molar-refractivity contribution in [3.05, 3.63) is 65.7 Å². The number of hydrogen-bond donors (Lipinski definition) is 1. The zero-order valence-corrected chi connectivity index (χ0v) is 14.3. The molecule has 24 heavy (non-hydrogen) atoms. The van der Waals surface area contributed by atoms with Crippen molar-refractivity contribution < 1.29 is 9.53 Å². The lowest BCUT2D eigenvalue weighted by Gasteiger charge is -2.30. The van der Waals surface area contributed by atoms with Crippen LogP contribution < -0.4 is 10.1 Å². The van der Waals surface area contributed by atoms with Gasteiger partial charge in [0.05, 0.1) is 13.5 Å². The van der Waals surface area contributed by atoms with Gasteiger partial charge in [0.25, 0.3) is 0 Å². The van der Waals surface area contributed by atoms with E-state index in [1.165, 1.54) is 18.4 Å². The zero-order chi connectivity index (χ0) is 16.8. The van der Waals surface area contributed by atoms with E-state index in [0.717, 1.165) is 30.7 Å². The molecule has 0 aliphatic heterocycles. The van der Waals surface area contributed by atoms with Crippen LogP contribution in [0.25, 0.3) is 0 Å². The summed E-state index contributed by atoms with van der Waals surface area (Å²) < 4.78 is 5.22. The predicted octanol–water partition coefficient (Wildman–Crippen LogP) is 3.87. The third-order valence-electron chi connectivity index (χ3n) is 5.07. The Hall–Kier alpha value is -2.29. The molecular weight excluding hydrogens is 298 g/mol. The number of hydrogen-bond acceptors (Lipinski definition) is 2. The van der Waals surface area contributed by atoms with Crippen LogP contribution in [0.1, 0.15) is 36.8 Å². The number of rotatable bonds is 6. The van der Waals surface area contributed by atoms with Crippen molar-refractivity contribution in [1.29, 1.82) is 0 Å². The number of carbonyl (C=O) groups is 1. The van der Waals surface area contributed by atoms with Crippen LogP contribution in [-0.4, -0.2) is 19.6 Å². The molecule has 0 atom stereocenters. The Morgan fingerprint density at radius 3 is 2.54 bits per heavy atom. The fourth-order valence-electron chi connectivity index (χ4n) is 3.71. The van der Waals surface area contributed by atoms with Crippen LogP contribution in [0.15, 0.2) is 54.6 Å². The van der Waals surface area contributed by atoms with Crippen molar-refractivity contribution in [2.45, 2.75) is 37.5 Å². The molecule has 1 saturated carbocycles. The summed E-state index contributed by atoms with van der Waals surface area (Å²) >= 11 is 0. The molecule has 3 heteroatoms. The van der Waals surface area contributed by atoms with Gasteiger partial charge in [-0.05, 0) is 36.1 Å². The summed E-state index contributed by atoms with van der Waals surface area (Å²) in [6.45, 7) is 0.722. The Morgan fingerprint density at radius 1 is 1.08 bits per heavy atom. The first kappa shape index (κ1) is 16.6. The highest BCUT2D eigenvalue weighted by Gasteiger charge is 2.35. The van der Waals surface area contributed by atoms with E-state index in [1.807, 2.05) is 30.3 Å². The normalized spacial score (nSPS) is 15.9. The second-order valence-electron chi connectivity index (χ2n) is 6.66. The van der Waals surface area contributed by atoms with E-state index in [2.05, 4.69) is 29.6 Å². The molecule has 3 rings (SSSR count). The molecule has 0 unspecified atom stereocenters. The van der Waals surface area contributed by atoms with E-state index >= 15 is 0 Å². The fraction of sp³-hybridized carbons (Fsp3) is 0.381. The maximum absolute atomic E-state index is 12.4. The van der Waals surface area contributed by atoms with Crippen LogP contribution in [0.5, 0.6) is 5.75 Å². The first-order valence-corrected chi connectivity index (χ1v) is 8.67. The highest BCUT2D eigenvalue weighted by Crippen LogP contribution is 2.40. The Balaban J connectivity index is 1.63. The average Bonchev–Trinajstić information content (AvgIpc) is 3.11. The molecule has 1 aliphatic carbocycles. The van der Waals surface area contributed by atoms with Gasteiger partial charge in [0.1, 0.15) is 5.75 Å². The minimum absolute atomic E-state index is 0.0745. The molecular formula is C21H25NO2. The number of methoxy groups -OCH3 is 1. The average molecular weight is 323 g/mol. The highest BCUT2D eigenvalue weighted by atomic mass is 16.5. The van der Waals surface area contributed by atoms with E-state index in [4.69, 9.17) is 4.74 Å². The highest BCUT2D eigenvalue weighted by molar-refractivity contribution is 5.78. The van der Waals surface area contributed by atoms with Gasteiger partial charge in [-0.15, -0.1) is 0 Å². The minimum atomic E-state index is 0.0745. The van der Waals surface area contributed by atoms with Crippen molar-refractivity contribution in [3.63, 3.8) is 0 Å². The Labute approximate surface area is 144 Å². The lowest BCUT2D eigenvalue weighted by Crippen LogP contribution is -2.39. The quantitative estimate of drug-likeness (QED) is 0.876. The smallest absolute Gasteiger partial charge is 0.224 e. The molecule has 126 valence electrons. The monoisotopic (exact) mass is 323 g/mol. The molecule has 0 saturated heterocycles. The van der Waals surface area contributed by atoms with Crippen molar-refractivity contribution >= 4 is 5.91 Å². The summed E-state index contributed by atoms with van der Waals surface area (Å²) in [4.78, 5) is 12.4. The van der Waals surface area contributed by atoms with Gasteiger partial charge in [0, 0.05) is 12.0 Å². The summed E-state index contributed by atoms with van der Waals surface area (Å²) in [6.07, 6.45) is 5.16. The summed E-state index contributed by atoms with van der Waals surface area (Å²) in [7, 11) is 1.64. The molecule has 0 bridgehead atoms. The molecule has 1 amide bonds. The van der Waals surface area contributed by atoms with Gasteiger partial charge in [0.15, 0.2) is 0 Å². The zero-order valence-electron chi connectivity index (χ0n) is 14.3. The molecule has 0 spiro atoms. The standard InChI is InChI=1S/C21H25NO2/c1-24-19-11-7-8-17(14-19)15-20(23)22-16-21(12-5-6-13-21)18-9-3-2-4-10-18/h2-4,7-11,14H,5-6,12-13,15-16H2,1H3,(H,22,23). The molecule has 1 aliphatic rings. The first-order valence-electron chi connectivity index (χ1n) is 8.67.